The molecule has 16 heavy (non-hydrogen) atoms. The van der Waals surface area contributed by atoms with Gasteiger partial charge in [0.2, 0.25) is 0 Å². The molecule has 2 rings (SSSR count). The molecule has 0 amide bonds. The van der Waals surface area contributed by atoms with E-state index in [1.807, 2.05) is 24.3 Å². The number of esters is 2. The zero-order chi connectivity index (χ0) is 11.5. The SMILES string of the molecule is O=C1CC/C(=C\c2cccc(Br)c2)C(=O)O1. The lowest BCUT2D eigenvalue weighted by Crippen LogP contribution is -2.20. The molecule has 1 aromatic rings. The Kier molecular flexibility index (Phi) is 3.19. The summed E-state index contributed by atoms with van der Waals surface area (Å²) in [6.07, 6.45) is 2.47. The van der Waals surface area contributed by atoms with Gasteiger partial charge in [-0.2, -0.15) is 0 Å². The van der Waals surface area contributed by atoms with Crippen LogP contribution in [0.5, 0.6) is 0 Å². The smallest absolute Gasteiger partial charge is 0.341 e. The van der Waals surface area contributed by atoms with E-state index in [1.165, 1.54) is 0 Å². The van der Waals surface area contributed by atoms with Crippen molar-refractivity contribution in [1.29, 1.82) is 0 Å². The fraction of sp³-hybridized carbons (Fsp3) is 0.167. The number of cyclic esters (lactones) is 2. The van der Waals surface area contributed by atoms with Crippen LogP contribution in [0.4, 0.5) is 0 Å². The van der Waals surface area contributed by atoms with E-state index >= 15 is 0 Å². The second-order valence-electron chi connectivity index (χ2n) is 3.49. The van der Waals surface area contributed by atoms with Gasteiger partial charge in [-0.1, -0.05) is 28.1 Å². The van der Waals surface area contributed by atoms with Gasteiger partial charge >= 0.3 is 11.9 Å². The summed E-state index contributed by atoms with van der Waals surface area (Å²) in [6.45, 7) is 0. The Balaban J connectivity index is 2.24. The lowest BCUT2D eigenvalue weighted by atomic mass is 10.0. The summed E-state index contributed by atoms with van der Waals surface area (Å²) >= 11 is 3.35. The molecule has 82 valence electrons. The zero-order valence-corrected chi connectivity index (χ0v) is 9.99. The number of carbonyl (C=O) groups excluding carboxylic acids is 2. The average Bonchev–Trinajstić information content (AvgIpc) is 2.22. The van der Waals surface area contributed by atoms with Crippen molar-refractivity contribution in [3.05, 3.63) is 39.9 Å². The highest BCUT2D eigenvalue weighted by Crippen LogP contribution is 2.20. The molecule has 0 spiro atoms. The zero-order valence-electron chi connectivity index (χ0n) is 8.40. The van der Waals surface area contributed by atoms with Crippen molar-refractivity contribution < 1.29 is 14.3 Å². The molecule has 1 aliphatic heterocycles. The second-order valence-corrected chi connectivity index (χ2v) is 4.40. The van der Waals surface area contributed by atoms with Crippen LogP contribution in [0, 0.1) is 0 Å². The van der Waals surface area contributed by atoms with E-state index in [-0.39, 0.29) is 6.42 Å². The molecular weight excluding hydrogens is 272 g/mol. The van der Waals surface area contributed by atoms with Crippen molar-refractivity contribution in [2.75, 3.05) is 0 Å². The molecule has 0 atom stereocenters. The molecular formula is C12H9BrO3. The van der Waals surface area contributed by atoms with Crippen molar-refractivity contribution in [2.24, 2.45) is 0 Å². The van der Waals surface area contributed by atoms with Gasteiger partial charge in [-0.3, -0.25) is 4.79 Å². The number of hydrogen-bond donors (Lipinski definition) is 0. The summed E-state index contributed by atoms with van der Waals surface area (Å²) < 4.78 is 5.49. The van der Waals surface area contributed by atoms with Gasteiger partial charge in [0, 0.05) is 10.0 Å². The molecule has 0 saturated carbocycles. The lowest BCUT2D eigenvalue weighted by molar-refractivity contribution is -0.159. The first-order valence-corrected chi connectivity index (χ1v) is 5.65. The fourth-order valence-corrected chi connectivity index (χ4v) is 1.90. The van der Waals surface area contributed by atoms with Crippen LogP contribution in [0.25, 0.3) is 6.08 Å². The van der Waals surface area contributed by atoms with Gasteiger partial charge in [-0.05, 0) is 30.2 Å². The molecule has 1 saturated heterocycles. The maximum atomic E-state index is 11.4. The monoisotopic (exact) mass is 280 g/mol. The van der Waals surface area contributed by atoms with Gasteiger partial charge in [0.1, 0.15) is 0 Å². The summed E-state index contributed by atoms with van der Waals surface area (Å²) in [5, 5.41) is 0. The normalized spacial score (nSPS) is 18.7. The van der Waals surface area contributed by atoms with E-state index in [1.54, 1.807) is 6.08 Å². The third kappa shape index (κ3) is 2.58. The van der Waals surface area contributed by atoms with Crippen LogP contribution in [-0.4, -0.2) is 11.9 Å². The molecule has 4 heteroatoms. The van der Waals surface area contributed by atoms with Gasteiger partial charge in [0.05, 0.1) is 6.42 Å². The van der Waals surface area contributed by atoms with Gasteiger partial charge in [-0.15, -0.1) is 0 Å². The molecule has 0 aromatic heterocycles. The predicted octanol–water partition coefficient (Wildman–Crippen LogP) is 2.70. The Morgan fingerprint density at radius 1 is 1.25 bits per heavy atom. The van der Waals surface area contributed by atoms with Crippen molar-refractivity contribution in [1.82, 2.24) is 0 Å². The minimum Gasteiger partial charge on any atom is -0.390 e. The van der Waals surface area contributed by atoms with Crippen molar-refractivity contribution in [3.8, 4) is 0 Å². The number of benzene rings is 1. The molecule has 3 nitrogen and oxygen atoms in total. The highest BCUT2D eigenvalue weighted by Gasteiger charge is 2.22. The first-order valence-electron chi connectivity index (χ1n) is 4.86. The topological polar surface area (TPSA) is 43.4 Å². The first kappa shape index (κ1) is 11.1. The van der Waals surface area contributed by atoms with E-state index in [9.17, 15) is 9.59 Å². The molecule has 1 aromatic carbocycles. The highest BCUT2D eigenvalue weighted by atomic mass is 79.9. The van der Waals surface area contributed by atoms with Crippen molar-refractivity contribution >= 4 is 33.9 Å². The molecule has 1 aliphatic rings. The van der Waals surface area contributed by atoms with Gasteiger partial charge < -0.3 is 4.74 Å². The van der Waals surface area contributed by atoms with Crippen LogP contribution >= 0.6 is 15.9 Å². The summed E-state index contributed by atoms with van der Waals surface area (Å²) in [4.78, 5) is 22.2. The predicted molar refractivity (Wildman–Crippen MR) is 62.5 cm³/mol. The maximum Gasteiger partial charge on any atom is 0.341 e. The minimum absolute atomic E-state index is 0.269. The lowest BCUT2D eigenvalue weighted by Gasteiger charge is -2.11. The molecule has 0 bridgehead atoms. The molecule has 1 heterocycles. The Labute approximate surface area is 101 Å². The van der Waals surface area contributed by atoms with Crippen LogP contribution in [0.3, 0.4) is 0 Å². The second kappa shape index (κ2) is 4.61. The van der Waals surface area contributed by atoms with Crippen LogP contribution in [0.2, 0.25) is 0 Å². The van der Waals surface area contributed by atoms with Crippen LogP contribution in [-0.2, 0) is 14.3 Å². The summed E-state index contributed by atoms with van der Waals surface area (Å²) in [5.41, 5.74) is 1.45. The average molecular weight is 281 g/mol. The summed E-state index contributed by atoms with van der Waals surface area (Å²) in [6, 6.07) is 7.58. The Morgan fingerprint density at radius 2 is 2.06 bits per heavy atom. The number of halogens is 1. The standard InChI is InChI=1S/C12H9BrO3/c13-10-3-1-2-8(7-10)6-9-4-5-11(14)16-12(9)15/h1-3,6-7H,4-5H2/b9-6+. The minimum atomic E-state index is -0.531. The van der Waals surface area contributed by atoms with Crippen LogP contribution in [0.1, 0.15) is 18.4 Å². The number of ether oxygens (including phenoxy) is 1. The van der Waals surface area contributed by atoms with Crippen molar-refractivity contribution in [2.45, 2.75) is 12.8 Å². The van der Waals surface area contributed by atoms with E-state index < -0.39 is 11.9 Å². The summed E-state index contributed by atoms with van der Waals surface area (Å²) in [7, 11) is 0. The van der Waals surface area contributed by atoms with E-state index in [0.717, 1.165) is 10.0 Å². The highest BCUT2D eigenvalue weighted by molar-refractivity contribution is 9.10. The Morgan fingerprint density at radius 3 is 2.75 bits per heavy atom. The number of rotatable bonds is 1. The molecule has 0 aliphatic carbocycles. The molecule has 0 N–H and O–H groups in total. The van der Waals surface area contributed by atoms with Crippen molar-refractivity contribution in [3.63, 3.8) is 0 Å². The molecule has 1 fully saturated rings. The third-order valence-electron chi connectivity index (χ3n) is 2.26. The molecule has 0 radical (unpaired) electrons. The fourth-order valence-electron chi connectivity index (χ4n) is 1.49. The van der Waals surface area contributed by atoms with E-state index in [2.05, 4.69) is 20.7 Å². The van der Waals surface area contributed by atoms with Crippen LogP contribution in [0.15, 0.2) is 34.3 Å². The van der Waals surface area contributed by atoms with Crippen LogP contribution < -0.4 is 0 Å². The maximum absolute atomic E-state index is 11.4. The van der Waals surface area contributed by atoms with E-state index in [0.29, 0.717) is 12.0 Å². The quantitative estimate of drug-likeness (QED) is 0.451. The summed E-state index contributed by atoms with van der Waals surface area (Å²) in [5.74, 6) is -0.979. The number of carbonyl (C=O) groups is 2. The molecule has 0 unspecified atom stereocenters. The van der Waals surface area contributed by atoms with Gasteiger partial charge in [-0.25, -0.2) is 4.79 Å². The largest absolute Gasteiger partial charge is 0.390 e. The third-order valence-corrected chi connectivity index (χ3v) is 2.75. The van der Waals surface area contributed by atoms with E-state index in [4.69, 9.17) is 0 Å². The Bertz CT molecular complexity index is 477. The van der Waals surface area contributed by atoms with Gasteiger partial charge in [0.25, 0.3) is 0 Å². The number of hydrogen-bond acceptors (Lipinski definition) is 3. The van der Waals surface area contributed by atoms with Gasteiger partial charge in [0.15, 0.2) is 0 Å². The first-order chi connectivity index (χ1) is 7.65. The Hall–Kier alpha value is -1.42.